The summed E-state index contributed by atoms with van der Waals surface area (Å²) in [6, 6.07) is 2.35. The standard InChI is InChI=1S/C13H22N4O/c1-17-12(6-9-16-17)5-8-15-13(18)10-11-4-2-3-7-14-11/h6,9,11,14H,2-5,7-8,10H2,1H3,(H,15,18). The van der Waals surface area contributed by atoms with Crippen molar-refractivity contribution in [1.29, 1.82) is 0 Å². The van der Waals surface area contributed by atoms with Crippen molar-refractivity contribution in [2.75, 3.05) is 13.1 Å². The van der Waals surface area contributed by atoms with Crippen LogP contribution in [0.1, 0.15) is 31.4 Å². The van der Waals surface area contributed by atoms with E-state index in [1.54, 1.807) is 6.20 Å². The minimum atomic E-state index is 0.150. The molecule has 5 heteroatoms. The highest BCUT2D eigenvalue weighted by Gasteiger charge is 2.15. The number of rotatable bonds is 5. The molecule has 100 valence electrons. The summed E-state index contributed by atoms with van der Waals surface area (Å²) >= 11 is 0. The Balaban J connectivity index is 1.64. The third-order valence-electron chi connectivity index (χ3n) is 3.47. The van der Waals surface area contributed by atoms with E-state index < -0.39 is 0 Å². The summed E-state index contributed by atoms with van der Waals surface area (Å²) in [6.07, 6.45) is 6.81. The predicted octanol–water partition coefficient (Wildman–Crippen LogP) is 0.611. The molecule has 1 aromatic heterocycles. The first-order valence-corrected chi connectivity index (χ1v) is 6.72. The maximum atomic E-state index is 11.8. The Morgan fingerprint density at radius 2 is 2.50 bits per heavy atom. The summed E-state index contributed by atoms with van der Waals surface area (Å²) in [6.45, 7) is 1.73. The molecule has 5 nitrogen and oxygen atoms in total. The molecule has 1 fully saturated rings. The van der Waals surface area contributed by atoms with Crippen LogP contribution in [0.25, 0.3) is 0 Å². The van der Waals surface area contributed by atoms with E-state index in [0.29, 0.717) is 19.0 Å². The number of nitrogens with one attached hydrogen (secondary N) is 2. The third-order valence-corrected chi connectivity index (χ3v) is 3.47. The Labute approximate surface area is 108 Å². The summed E-state index contributed by atoms with van der Waals surface area (Å²) in [5.41, 5.74) is 1.14. The number of nitrogens with zero attached hydrogens (tertiary/aromatic N) is 2. The second-order valence-corrected chi connectivity index (χ2v) is 4.90. The van der Waals surface area contributed by atoms with Crippen LogP contribution in [0.5, 0.6) is 0 Å². The van der Waals surface area contributed by atoms with Crippen LogP contribution in [-0.4, -0.2) is 34.8 Å². The van der Waals surface area contributed by atoms with Crippen molar-refractivity contribution in [1.82, 2.24) is 20.4 Å². The summed E-state index contributed by atoms with van der Waals surface area (Å²) in [7, 11) is 1.92. The minimum Gasteiger partial charge on any atom is -0.356 e. The van der Waals surface area contributed by atoms with E-state index in [9.17, 15) is 4.79 Å². The first kappa shape index (κ1) is 13.1. The Morgan fingerprint density at radius 3 is 3.17 bits per heavy atom. The molecule has 1 aliphatic rings. The van der Waals surface area contributed by atoms with Gasteiger partial charge in [-0.1, -0.05) is 6.42 Å². The van der Waals surface area contributed by atoms with E-state index in [0.717, 1.165) is 25.1 Å². The minimum absolute atomic E-state index is 0.150. The highest BCUT2D eigenvalue weighted by atomic mass is 16.1. The number of aryl methyl sites for hydroxylation is 1. The fraction of sp³-hybridized carbons (Fsp3) is 0.692. The molecule has 1 atom stereocenters. The van der Waals surface area contributed by atoms with Crippen LogP contribution in [0.4, 0.5) is 0 Å². The molecule has 1 unspecified atom stereocenters. The molecular formula is C13H22N4O. The predicted molar refractivity (Wildman–Crippen MR) is 70.2 cm³/mol. The molecule has 2 heterocycles. The quantitative estimate of drug-likeness (QED) is 0.805. The highest BCUT2D eigenvalue weighted by Crippen LogP contribution is 2.09. The Bertz CT molecular complexity index is 382. The second kappa shape index (κ2) is 6.54. The van der Waals surface area contributed by atoms with E-state index in [-0.39, 0.29) is 5.91 Å². The van der Waals surface area contributed by atoms with Crippen molar-refractivity contribution in [2.45, 2.75) is 38.1 Å². The van der Waals surface area contributed by atoms with E-state index in [4.69, 9.17) is 0 Å². The lowest BCUT2D eigenvalue weighted by atomic mass is 10.0. The highest BCUT2D eigenvalue weighted by molar-refractivity contribution is 5.76. The van der Waals surface area contributed by atoms with Gasteiger partial charge in [0, 0.05) is 44.4 Å². The van der Waals surface area contributed by atoms with Crippen LogP contribution in [0.15, 0.2) is 12.3 Å². The normalized spacial score (nSPS) is 19.7. The summed E-state index contributed by atoms with van der Waals surface area (Å²) in [4.78, 5) is 11.8. The van der Waals surface area contributed by atoms with Crippen LogP contribution in [0, 0.1) is 0 Å². The average Bonchev–Trinajstić information content (AvgIpc) is 2.76. The molecule has 0 aromatic carbocycles. The smallest absolute Gasteiger partial charge is 0.221 e. The molecule has 18 heavy (non-hydrogen) atoms. The van der Waals surface area contributed by atoms with Gasteiger partial charge in [-0.2, -0.15) is 5.10 Å². The molecule has 2 rings (SSSR count). The van der Waals surface area contributed by atoms with Crippen LogP contribution in [0.2, 0.25) is 0 Å². The Morgan fingerprint density at radius 1 is 1.61 bits per heavy atom. The average molecular weight is 250 g/mol. The molecule has 1 amide bonds. The van der Waals surface area contributed by atoms with Gasteiger partial charge in [-0.25, -0.2) is 0 Å². The number of hydrogen-bond donors (Lipinski definition) is 2. The fourth-order valence-corrected chi connectivity index (χ4v) is 2.37. The third kappa shape index (κ3) is 3.84. The molecule has 0 aliphatic carbocycles. The van der Waals surface area contributed by atoms with Crippen LogP contribution < -0.4 is 10.6 Å². The van der Waals surface area contributed by atoms with Gasteiger partial charge in [0.1, 0.15) is 0 Å². The number of amides is 1. The molecule has 0 bridgehead atoms. The fourth-order valence-electron chi connectivity index (χ4n) is 2.37. The van der Waals surface area contributed by atoms with Gasteiger partial charge in [-0.05, 0) is 25.5 Å². The van der Waals surface area contributed by atoms with Crippen LogP contribution >= 0.6 is 0 Å². The van der Waals surface area contributed by atoms with Gasteiger partial charge < -0.3 is 10.6 Å². The molecule has 0 saturated carbocycles. The van der Waals surface area contributed by atoms with Gasteiger partial charge in [0.25, 0.3) is 0 Å². The zero-order valence-corrected chi connectivity index (χ0v) is 11.0. The van der Waals surface area contributed by atoms with Gasteiger partial charge in [-0.15, -0.1) is 0 Å². The molecule has 1 aromatic rings. The van der Waals surface area contributed by atoms with Crippen molar-refractivity contribution in [3.8, 4) is 0 Å². The second-order valence-electron chi connectivity index (χ2n) is 4.90. The van der Waals surface area contributed by atoms with E-state index in [1.165, 1.54) is 12.8 Å². The summed E-state index contributed by atoms with van der Waals surface area (Å²) in [5.74, 6) is 0.150. The molecule has 1 saturated heterocycles. The Hall–Kier alpha value is -1.36. The molecular weight excluding hydrogens is 228 g/mol. The number of piperidine rings is 1. The topological polar surface area (TPSA) is 59.0 Å². The SMILES string of the molecule is Cn1nccc1CCNC(=O)CC1CCCCN1. The zero-order valence-electron chi connectivity index (χ0n) is 11.0. The molecule has 0 radical (unpaired) electrons. The van der Waals surface area contributed by atoms with Crippen molar-refractivity contribution in [3.63, 3.8) is 0 Å². The van der Waals surface area contributed by atoms with Crippen LogP contribution in [-0.2, 0) is 18.3 Å². The zero-order chi connectivity index (χ0) is 12.8. The van der Waals surface area contributed by atoms with Gasteiger partial charge in [0.05, 0.1) is 0 Å². The van der Waals surface area contributed by atoms with Gasteiger partial charge in [0.15, 0.2) is 0 Å². The van der Waals surface area contributed by atoms with Crippen LogP contribution in [0.3, 0.4) is 0 Å². The van der Waals surface area contributed by atoms with Crippen molar-refractivity contribution in [3.05, 3.63) is 18.0 Å². The summed E-state index contributed by atoms with van der Waals surface area (Å²) in [5, 5.41) is 10.5. The maximum absolute atomic E-state index is 11.8. The first-order chi connectivity index (χ1) is 8.75. The monoisotopic (exact) mass is 250 g/mol. The van der Waals surface area contributed by atoms with E-state index in [1.807, 2.05) is 17.8 Å². The number of carbonyl (C=O) groups is 1. The number of carbonyl (C=O) groups excluding carboxylic acids is 1. The Kier molecular flexibility index (Phi) is 4.75. The van der Waals surface area contributed by atoms with E-state index in [2.05, 4.69) is 15.7 Å². The van der Waals surface area contributed by atoms with E-state index >= 15 is 0 Å². The molecule has 1 aliphatic heterocycles. The lowest BCUT2D eigenvalue weighted by Gasteiger charge is -2.22. The van der Waals surface area contributed by atoms with Gasteiger partial charge >= 0.3 is 0 Å². The largest absolute Gasteiger partial charge is 0.356 e. The molecule has 0 spiro atoms. The van der Waals surface area contributed by atoms with Crippen molar-refractivity contribution < 1.29 is 4.79 Å². The van der Waals surface area contributed by atoms with Crippen molar-refractivity contribution in [2.24, 2.45) is 7.05 Å². The van der Waals surface area contributed by atoms with Gasteiger partial charge in [-0.3, -0.25) is 9.48 Å². The van der Waals surface area contributed by atoms with Gasteiger partial charge in [0.2, 0.25) is 5.91 Å². The number of aromatic nitrogens is 2. The number of hydrogen-bond acceptors (Lipinski definition) is 3. The molecule has 2 N–H and O–H groups in total. The maximum Gasteiger partial charge on any atom is 0.221 e. The lowest BCUT2D eigenvalue weighted by Crippen LogP contribution is -2.39. The first-order valence-electron chi connectivity index (χ1n) is 6.72. The summed E-state index contributed by atoms with van der Waals surface area (Å²) < 4.78 is 1.84. The van der Waals surface area contributed by atoms with Crippen molar-refractivity contribution >= 4 is 5.91 Å². The lowest BCUT2D eigenvalue weighted by molar-refractivity contribution is -0.121.